The van der Waals surface area contributed by atoms with Crippen LogP contribution >= 0.6 is 0 Å². The largest absolute Gasteiger partial charge is 0.481 e. The molecule has 1 saturated heterocycles. The van der Waals surface area contributed by atoms with E-state index in [4.69, 9.17) is 5.11 Å². The number of pyridine rings is 1. The van der Waals surface area contributed by atoms with Crippen molar-refractivity contribution in [3.05, 3.63) is 41.3 Å². The molecule has 1 amide bonds. The maximum Gasteiger partial charge on any atom is 0.303 e. The van der Waals surface area contributed by atoms with Crippen LogP contribution in [0.3, 0.4) is 0 Å². The Morgan fingerprint density at radius 3 is 2.54 bits per heavy atom. The zero-order chi connectivity index (χ0) is 18.3. The summed E-state index contributed by atoms with van der Waals surface area (Å²) in [7, 11) is 0. The standard InChI is InChI=1S/C20H21FN2O3/c21-14-3-4-17-15(10-14)16(11-18(22-17)13-1-2-13)20(26)23-7-5-12(6-8-23)9-19(24)25/h3-4,10-13H,1-2,5-9H2,(H,24,25). The highest BCUT2D eigenvalue weighted by Gasteiger charge is 2.30. The lowest BCUT2D eigenvalue weighted by Gasteiger charge is -2.31. The van der Waals surface area contributed by atoms with Gasteiger partial charge in [0.15, 0.2) is 0 Å². The van der Waals surface area contributed by atoms with Crippen LogP contribution in [-0.2, 0) is 4.79 Å². The first-order valence-electron chi connectivity index (χ1n) is 9.12. The average molecular weight is 356 g/mol. The van der Waals surface area contributed by atoms with Gasteiger partial charge in [0.1, 0.15) is 5.82 Å². The summed E-state index contributed by atoms with van der Waals surface area (Å²) >= 11 is 0. The molecule has 1 saturated carbocycles. The zero-order valence-corrected chi connectivity index (χ0v) is 14.4. The number of halogens is 1. The molecule has 0 spiro atoms. The third-order valence-corrected chi connectivity index (χ3v) is 5.38. The molecular formula is C20H21FN2O3. The van der Waals surface area contributed by atoms with Crippen molar-refractivity contribution in [2.45, 2.75) is 38.0 Å². The van der Waals surface area contributed by atoms with E-state index in [0.29, 0.717) is 48.3 Å². The average Bonchev–Trinajstić information content (AvgIpc) is 3.45. The summed E-state index contributed by atoms with van der Waals surface area (Å²) in [5.41, 5.74) is 2.07. The summed E-state index contributed by atoms with van der Waals surface area (Å²) in [5, 5.41) is 9.48. The Kier molecular flexibility index (Phi) is 4.34. The Bertz CT molecular complexity index is 871. The molecule has 0 bridgehead atoms. The molecule has 1 aromatic heterocycles. The van der Waals surface area contributed by atoms with Gasteiger partial charge in [-0.2, -0.15) is 0 Å². The Hall–Kier alpha value is -2.50. The van der Waals surface area contributed by atoms with Crippen molar-refractivity contribution >= 4 is 22.8 Å². The molecule has 5 nitrogen and oxygen atoms in total. The van der Waals surface area contributed by atoms with Gasteiger partial charge < -0.3 is 10.0 Å². The SMILES string of the molecule is O=C(O)CC1CCN(C(=O)c2cc(C3CC3)nc3ccc(F)cc23)CC1. The maximum atomic E-state index is 13.8. The predicted molar refractivity (Wildman–Crippen MR) is 94.6 cm³/mol. The number of carboxylic acids is 1. The number of carbonyl (C=O) groups is 2. The van der Waals surface area contributed by atoms with E-state index < -0.39 is 5.97 Å². The smallest absolute Gasteiger partial charge is 0.303 e. The minimum atomic E-state index is -0.792. The Morgan fingerprint density at radius 2 is 1.88 bits per heavy atom. The van der Waals surface area contributed by atoms with Crippen LogP contribution < -0.4 is 0 Å². The van der Waals surface area contributed by atoms with Crippen LogP contribution in [-0.4, -0.2) is 40.0 Å². The molecule has 2 heterocycles. The second-order valence-electron chi connectivity index (χ2n) is 7.36. The van der Waals surface area contributed by atoms with E-state index in [1.807, 2.05) is 6.07 Å². The van der Waals surface area contributed by atoms with E-state index in [2.05, 4.69) is 4.98 Å². The number of rotatable bonds is 4. The molecule has 1 N–H and O–H groups in total. The fourth-order valence-electron chi connectivity index (χ4n) is 3.74. The van der Waals surface area contributed by atoms with Gasteiger partial charge in [-0.25, -0.2) is 4.39 Å². The van der Waals surface area contributed by atoms with Gasteiger partial charge >= 0.3 is 5.97 Å². The highest BCUT2D eigenvalue weighted by molar-refractivity contribution is 6.06. The molecule has 6 heteroatoms. The van der Waals surface area contributed by atoms with E-state index in [0.717, 1.165) is 18.5 Å². The predicted octanol–water partition coefficient (Wildman–Crippen LogP) is 3.58. The third kappa shape index (κ3) is 3.41. The summed E-state index contributed by atoms with van der Waals surface area (Å²) in [6, 6.07) is 6.21. The summed E-state index contributed by atoms with van der Waals surface area (Å²) in [4.78, 5) is 30.3. The first kappa shape index (κ1) is 16.9. The first-order chi connectivity index (χ1) is 12.5. The molecular weight excluding hydrogens is 335 g/mol. The number of benzene rings is 1. The van der Waals surface area contributed by atoms with Crippen molar-refractivity contribution in [1.29, 1.82) is 0 Å². The molecule has 1 aliphatic heterocycles. The van der Waals surface area contributed by atoms with Crippen LogP contribution in [0.1, 0.15) is 54.1 Å². The number of aromatic nitrogens is 1. The molecule has 0 unspecified atom stereocenters. The molecule has 1 aromatic carbocycles. The minimum absolute atomic E-state index is 0.112. The van der Waals surface area contributed by atoms with Gasteiger partial charge in [0, 0.05) is 36.5 Å². The van der Waals surface area contributed by atoms with Gasteiger partial charge in [-0.15, -0.1) is 0 Å². The van der Waals surface area contributed by atoms with Crippen LogP contribution in [0.15, 0.2) is 24.3 Å². The number of hydrogen-bond donors (Lipinski definition) is 1. The lowest BCUT2D eigenvalue weighted by molar-refractivity contribution is -0.138. The number of nitrogens with zero attached hydrogens (tertiary/aromatic N) is 2. The van der Waals surface area contributed by atoms with Crippen LogP contribution in [0.25, 0.3) is 10.9 Å². The maximum absolute atomic E-state index is 13.8. The van der Waals surface area contributed by atoms with Crippen molar-refractivity contribution in [1.82, 2.24) is 9.88 Å². The molecule has 0 radical (unpaired) electrons. The topological polar surface area (TPSA) is 70.5 Å². The van der Waals surface area contributed by atoms with E-state index in [1.165, 1.54) is 12.1 Å². The van der Waals surface area contributed by atoms with Crippen LogP contribution in [0, 0.1) is 11.7 Å². The fourth-order valence-corrected chi connectivity index (χ4v) is 3.74. The van der Waals surface area contributed by atoms with Crippen molar-refractivity contribution < 1.29 is 19.1 Å². The monoisotopic (exact) mass is 356 g/mol. The van der Waals surface area contributed by atoms with Crippen molar-refractivity contribution in [2.75, 3.05) is 13.1 Å². The van der Waals surface area contributed by atoms with Gasteiger partial charge in [0.05, 0.1) is 11.1 Å². The number of carbonyl (C=O) groups excluding carboxylic acids is 1. The van der Waals surface area contributed by atoms with E-state index in [9.17, 15) is 14.0 Å². The van der Waals surface area contributed by atoms with E-state index in [-0.39, 0.29) is 24.1 Å². The Morgan fingerprint density at radius 1 is 1.15 bits per heavy atom. The van der Waals surface area contributed by atoms with Gasteiger partial charge in [0.25, 0.3) is 5.91 Å². The molecule has 4 rings (SSSR count). The quantitative estimate of drug-likeness (QED) is 0.909. The van der Waals surface area contributed by atoms with E-state index >= 15 is 0 Å². The van der Waals surface area contributed by atoms with Crippen molar-refractivity contribution in [2.24, 2.45) is 5.92 Å². The van der Waals surface area contributed by atoms with Crippen molar-refractivity contribution in [3.63, 3.8) is 0 Å². The molecule has 1 aliphatic carbocycles. The lowest BCUT2D eigenvalue weighted by Crippen LogP contribution is -2.39. The van der Waals surface area contributed by atoms with Crippen LogP contribution in [0.5, 0.6) is 0 Å². The molecule has 2 fully saturated rings. The fraction of sp³-hybridized carbons (Fsp3) is 0.450. The van der Waals surface area contributed by atoms with Crippen LogP contribution in [0.4, 0.5) is 4.39 Å². The summed E-state index contributed by atoms with van der Waals surface area (Å²) < 4.78 is 13.8. The van der Waals surface area contributed by atoms with Crippen molar-refractivity contribution in [3.8, 4) is 0 Å². The summed E-state index contributed by atoms with van der Waals surface area (Å²) in [6.45, 7) is 1.07. The number of piperidine rings is 1. The zero-order valence-electron chi connectivity index (χ0n) is 14.4. The number of amides is 1. The molecule has 2 aliphatic rings. The highest BCUT2D eigenvalue weighted by Crippen LogP contribution is 2.40. The number of likely N-dealkylation sites (tertiary alicyclic amines) is 1. The second kappa shape index (κ2) is 6.67. The summed E-state index contributed by atoms with van der Waals surface area (Å²) in [5.74, 6) is -0.770. The number of hydrogen-bond acceptors (Lipinski definition) is 3. The first-order valence-corrected chi connectivity index (χ1v) is 9.12. The van der Waals surface area contributed by atoms with Gasteiger partial charge in [-0.1, -0.05) is 0 Å². The van der Waals surface area contributed by atoms with Gasteiger partial charge in [0.2, 0.25) is 0 Å². The second-order valence-corrected chi connectivity index (χ2v) is 7.36. The molecule has 0 atom stereocenters. The highest BCUT2D eigenvalue weighted by atomic mass is 19.1. The Balaban J connectivity index is 1.62. The van der Waals surface area contributed by atoms with E-state index in [1.54, 1.807) is 11.0 Å². The summed E-state index contributed by atoms with van der Waals surface area (Å²) in [6.07, 6.45) is 3.68. The van der Waals surface area contributed by atoms with Gasteiger partial charge in [-0.3, -0.25) is 14.6 Å². The molecule has 26 heavy (non-hydrogen) atoms. The number of carboxylic acid groups (broad SMARTS) is 1. The Labute approximate surface area is 150 Å². The lowest BCUT2D eigenvalue weighted by atomic mass is 9.93. The number of aliphatic carboxylic acids is 1. The normalized spacial score (nSPS) is 18.3. The number of fused-ring (bicyclic) bond motifs is 1. The third-order valence-electron chi connectivity index (χ3n) is 5.38. The minimum Gasteiger partial charge on any atom is -0.481 e. The molecule has 136 valence electrons. The van der Waals surface area contributed by atoms with Gasteiger partial charge in [-0.05, 0) is 55.9 Å². The molecule has 2 aromatic rings. The van der Waals surface area contributed by atoms with Crippen LogP contribution in [0.2, 0.25) is 0 Å².